The number of amides is 2. The molecule has 2 aliphatic heterocycles. The number of nitrogens with one attached hydrogen (secondary N) is 1. The number of carbonyl (C=O) groups excluding carboxylic acids is 2. The quantitative estimate of drug-likeness (QED) is 0.264. The van der Waals surface area contributed by atoms with Crippen molar-refractivity contribution < 1.29 is 23.8 Å². The Labute approximate surface area is 239 Å². The smallest absolute Gasteiger partial charge is 0.254 e. The normalized spacial score (nSPS) is 17.1. The first kappa shape index (κ1) is 26.4. The highest BCUT2D eigenvalue weighted by Gasteiger charge is 2.46. The second-order valence-corrected chi connectivity index (χ2v) is 10.1. The lowest BCUT2D eigenvalue weighted by atomic mass is 9.75. The number of anilines is 1. The van der Waals surface area contributed by atoms with Crippen LogP contribution in [0.2, 0.25) is 0 Å². The molecule has 0 spiro atoms. The number of para-hydroxylation sites is 1. The van der Waals surface area contributed by atoms with E-state index in [-0.39, 0.29) is 11.8 Å². The molecule has 0 saturated carbocycles. The Morgan fingerprint density at radius 2 is 1.49 bits per heavy atom. The van der Waals surface area contributed by atoms with Gasteiger partial charge in [0.1, 0.15) is 11.5 Å². The van der Waals surface area contributed by atoms with Crippen LogP contribution in [0.1, 0.15) is 52.9 Å². The van der Waals surface area contributed by atoms with E-state index in [4.69, 9.17) is 14.2 Å². The van der Waals surface area contributed by atoms with Gasteiger partial charge in [0.2, 0.25) is 5.91 Å². The molecule has 208 valence electrons. The van der Waals surface area contributed by atoms with Gasteiger partial charge in [0.05, 0.1) is 25.2 Å². The zero-order valence-corrected chi connectivity index (χ0v) is 23.1. The molecule has 0 bridgehead atoms. The molecular weight excluding hydrogens is 516 g/mol. The molecule has 0 fully saturated rings. The molecule has 6 rings (SSSR count). The Morgan fingerprint density at radius 3 is 2.22 bits per heavy atom. The summed E-state index contributed by atoms with van der Waals surface area (Å²) in [5.74, 6) is 1.85. The average molecular weight is 549 g/mol. The van der Waals surface area contributed by atoms with E-state index in [1.165, 1.54) is 0 Å². The average Bonchev–Trinajstić information content (AvgIpc) is 2.99. The maximum atomic E-state index is 14.1. The van der Waals surface area contributed by atoms with Crippen LogP contribution in [0, 0.1) is 0 Å². The second kappa shape index (κ2) is 11.4. The van der Waals surface area contributed by atoms with Gasteiger partial charge in [-0.2, -0.15) is 0 Å². The monoisotopic (exact) mass is 548 g/mol. The van der Waals surface area contributed by atoms with Crippen molar-refractivity contribution in [1.29, 1.82) is 0 Å². The number of rotatable bonds is 8. The van der Waals surface area contributed by atoms with Gasteiger partial charge in [-0.1, -0.05) is 36.4 Å². The number of hydrogen-bond acceptors (Lipinski definition) is 5. The second-order valence-electron chi connectivity index (χ2n) is 10.1. The van der Waals surface area contributed by atoms with Gasteiger partial charge in [0.25, 0.3) is 5.91 Å². The maximum Gasteiger partial charge on any atom is 0.254 e. The van der Waals surface area contributed by atoms with E-state index >= 15 is 0 Å². The largest absolute Gasteiger partial charge is 0.490 e. The summed E-state index contributed by atoms with van der Waals surface area (Å²) >= 11 is 0. The third-order valence-electron chi connectivity index (χ3n) is 7.57. The first-order valence-electron chi connectivity index (χ1n) is 14.0. The van der Waals surface area contributed by atoms with Crippen LogP contribution in [-0.4, -0.2) is 36.5 Å². The predicted octanol–water partition coefficient (Wildman–Crippen LogP) is 6.75. The van der Waals surface area contributed by atoms with Crippen LogP contribution >= 0.6 is 0 Å². The Balaban J connectivity index is 1.35. The molecule has 1 N–H and O–H groups in total. The Hall–Kier alpha value is -4.78. The molecule has 7 heteroatoms. The topological polar surface area (TPSA) is 77.1 Å². The Morgan fingerprint density at radius 1 is 0.829 bits per heavy atom. The highest BCUT2D eigenvalue weighted by molar-refractivity contribution is 6.04. The molecule has 2 amide bonds. The summed E-state index contributed by atoms with van der Waals surface area (Å²) in [5.41, 5.74) is 3.91. The van der Waals surface area contributed by atoms with Gasteiger partial charge in [-0.25, -0.2) is 0 Å². The van der Waals surface area contributed by atoms with Crippen LogP contribution in [0.5, 0.6) is 23.0 Å². The lowest BCUT2D eigenvalue weighted by Crippen LogP contribution is -2.49. The van der Waals surface area contributed by atoms with Gasteiger partial charge in [0, 0.05) is 17.8 Å². The van der Waals surface area contributed by atoms with Crippen LogP contribution in [0.15, 0.2) is 91.0 Å². The van der Waals surface area contributed by atoms with Crippen molar-refractivity contribution in [2.45, 2.75) is 32.2 Å². The fourth-order valence-corrected chi connectivity index (χ4v) is 5.80. The molecular formula is C34H32N2O5. The summed E-state index contributed by atoms with van der Waals surface area (Å²) in [5, 5.41) is 3.11. The fourth-order valence-electron chi connectivity index (χ4n) is 5.80. The fraction of sp³-hybridized carbons (Fsp3) is 0.235. The van der Waals surface area contributed by atoms with Crippen LogP contribution in [-0.2, 0) is 11.2 Å². The molecule has 7 nitrogen and oxygen atoms in total. The molecule has 0 unspecified atom stereocenters. The number of hydrogen-bond donors (Lipinski definition) is 1. The third-order valence-corrected chi connectivity index (χ3v) is 7.57. The van der Waals surface area contributed by atoms with Gasteiger partial charge in [0.15, 0.2) is 11.5 Å². The van der Waals surface area contributed by atoms with Crippen molar-refractivity contribution in [3.63, 3.8) is 0 Å². The number of fused-ring (bicyclic) bond motifs is 4. The zero-order valence-electron chi connectivity index (χ0n) is 23.1. The van der Waals surface area contributed by atoms with E-state index in [0.717, 1.165) is 22.4 Å². The van der Waals surface area contributed by atoms with Crippen molar-refractivity contribution in [1.82, 2.24) is 4.90 Å². The lowest BCUT2D eigenvalue weighted by molar-refractivity contribution is -0.119. The first-order chi connectivity index (χ1) is 20.1. The van der Waals surface area contributed by atoms with Crippen LogP contribution in [0.4, 0.5) is 5.69 Å². The van der Waals surface area contributed by atoms with Gasteiger partial charge >= 0.3 is 0 Å². The highest BCUT2D eigenvalue weighted by atomic mass is 16.5. The van der Waals surface area contributed by atoms with Gasteiger partial charge in [-0.05, 0) is 91.6 Å². The summed E-state index contributed by atoms with van der Waals surface area (Å²) in [6, 6.07) is 27.7. The van der Waals surface area contributed by atoms with Gasteiger partial charge in [-0.15, -0.1) is 0 Å². The van der Waals surface area contributed by atoms with Crippen molar-refractivity contribution in [2.24, 2.45) is 0 Å². The van der Waals surface area contributed by atoms with Crippen LogP contribution in [0.25, 0.3) is 0 Å². The first-order valence-corrected chi connectivity index (χ1v) is 14.0. The maximum absolute atomic E-state index is 14.1. The molecule has 0 saturated heterocycles. The molecule has 41 heavy (non-hydrogen) atoms. The minimum absolute atomic E-state index is 0.0606. The number of benzene rings is 4. The number of carbonyl (C=O) groups is 2. The SMILES string of the molecule is CCOc1cc2c(cc1OCC)[C@@H]1[C@H](C(=O)Nc3ccc(Oc4ccccc4)cc3)c3ccccc3C(=O)N1CC2. The molecule has 2 aliphatic rings. The van der Waals surface area contributed by atoms with Gasteiger partial charge < -0.3 is 24.4 Å². The zero-order chi connectivity index (χ0) is 28.3. The minimum Gasteiger partial charge on any atom is -0.490 e. The lowest BCUT2D eigenvalue weighted by Gasteiger charge is -2.45. The molecule has 0 aromatic heterocycles. The van der Waals surface area contributed by atoms with Gasteiger partial charge in [-0.3, -0.25) is 9.59 Å². The molecule has 0 aliphatic carbocycles. The molecule has 2 atom stereocenters. The highest BCUT2D eigenvalue weighted by Crippen LogP contribution is 2.48. The minimum atomic E-state index is -0.615. The summed E-state index contributed by atoms with van der Waals surface area (Å²) in [4.78, 5) is 29.6. The van der Waals surface area contributed by atoms with E-state index in [1.807, 2.05) is 110 Å². The van der Waals surface area contributed by atoms with Crippen molar-refractivity contribution in [2.75, 3.05) is 25.1 Å². The molecule has 4 aromatic rings. The van der Waals surface area contributed by atoms with E-state index in [2.05, 4.69) is 5.32 Å². The Kier molecular flexibility index (Phi) is 7.33. The van der Waals surface area contributed by atoms with Crippen molar-refractivity contribution >= 4 is 17.5 Å². The summed E-state index contributed by atoms with van der Waals surface area (Å²) < 4.78 is 17.7. The van der Waals surface area contributed by atoms with E-state index in [9.17, 15) is 9.59 Å². The van der Waals surface area contributed by atoms with E-state index in [1.54, 1.807) is 0 Å². The van der Waals surface area contributed by atoms with Crippen LogP contribution < -0.4 is 19.5 Å². The van der Waals surface area contributed by atoms with E-state index in [0.29, 0.717) is 54.7 Å². The van der Waals surface area contributed by atoms with Crippen molar-refractivity contribution in [3.05, 3.63) is 113 Å². The molecule has 0 radical (unpaired) electrons. The predicted molar refractivity (Wildman–Crippen MR) is 157 cm³/mol. The summed E-state index contributed by atoms with van der Waals surface area (Å²) in [7, 11) is 0. The number of nitrogens with zero attached hydrogens (tertiary/aromatic N) is 1. The number of ether oxygens (including phenoxy) is 3. The molecule has 2 heterocycles. The van der Waals surface area contributed by atoms with E-state index < -0.39 is 12.0 Å². The summed E-state index contributed by atoms with van der Waals surface area (Å²) in [6.07, 6.45) is 0.670. The van der Waals surface area contributed by atoms with Crippen LogP contribution in [0.3, 0.4) is 0 Å². The summed E-state index contributed by atoms with van der Waals surface area (Å²) in [6.45, 7) is 5.37. The molecule has 4 aromatic carbocycles. The Bertz CT molecular complexity index is 1570. The standard InChI is InChI=1S/C34H32N2O5/c1-3-39-29-20-22-18-19-36-32(28(22)21-30(29)40-4-2)31(26-12-8-9-13-27(26)34(36)38)33(37)35-23-14-16-25(17-15-23)41-24-10-6-5-7-11-24/h5-17,20-21,31-32H,3-4,18-19H2,1-2H3,(H,35,37)/t31-,32-/m1/s1. The third kappa shape index (κ3) is 5.11. The van der Waals surface area contributed by atoms with Crippen molar-refractivity contribution in [3.8, 4) is 23.0 Å².